The predicted octanol–water partition coefficient (Wildman–Crippen LogP) is 2.41. The number of aliphatic hydroxyl groups is 1. The van der Waals surface area contributed by atoms with Crippen molar-refractivity contribution in [2.75, 3.05) is 41.4 Å². The van der Waals surface area contributed by atoms with Crippen LogP contribution in [0.4, 0.5) is 0 Å². The van der Waals surface area contributed by atoms with Crippen LogP contribution >= 0.6 is 0 Å². The monoisotopic (exact) mass is 455 g/mol. The lowest BCUT2D eigenvalue weighted by atomic mass is 9.94. The zero-order chi connectivity index (χ0) is 24.4. The predicted molar refractivity (Wildman–Crippen MR) is 122 cm³/mol. The third-order valence-electron chi connectivity index (χ3n) is 5.80. The number of hydrogen-bond acceptors (Lipinski definition) is 7. The maximum absolute atomic E-state index is 13.2. The first-order valence-corrected chi connectivity index (χ1v) is 10.5. The van der Waals surface area contributed by atoms with E-state index in [-0.39, 0.29) is 23.6 Å². The third-order valence-corrected chi connectivity index (χ3v) is 5.80. The Hall–Kier alpha value is -3.59. The number of Topliss-reactive ketones (excluding diaryl/α,β-unsaturated/α-hetero) is 1. The lowest BCUT2D eigenvalue weighted by Gasteiger charge is -2.26. The molecule has 1 amide bonds. The number of rotatable bonds is 7. The number of nitrogens with zero attached hydrogens (tertiary/aromatic N) is 2. The first-order valence-electron chi connectivity index (χ1n) is 10.5. The van der Waals surface area contributed by atoms with Gasteiger partial charge in [0.1, 0.15) is 17.2 Å². The molecule has 9 heteroatoms. The van der Waals surface area contributed by atoms with Gasteiger partial charge >= 0.3 is 5.97 Å². The Morgan fingerprint density at radius 2 is 1.91 bits per heavy atom. The summed E-state index contributed by atoms with van der Waals surface area (Å²) in [6.07, 6.45) is 0. The number of methoxy groups -OCH3 is 2. The van der Waals surface area contributed by atoms with Gasteiger partial charge in [0.2, 0.25) is 0 Å². The second-order valence-electron chi connectivity index (χ2n) is 8.19. The molecule has 176 valence electrons. The first-order chi connectivity index (χ1) is 15.6. The van der Waals surface area contributed by atoms with Gasteiger partial charge in [0.15, 0.2) is 0 Å². The number of benzene rings is 1. The molecule has 1 aliphatic rings. The number of carbonyl (C=O) groups is 3. The van der Waals surface area contributed by atoms with Crippen molar-refractivity contribution < 1.29 is 29.0 Å². The van der Waals surface area contributed by atoms with E-state index >= 15 is 0 Å². The van der Waals surface area contributed by atoms with Crippen molar-refractivity contribution in [1.82, 2.24) is 14.8 Å². The van der Waals surface area contributed by atoms with Gasteiger partial charge in [-0.3, -0.25) is 9.59 Å². The van der Waals surface area contributed by atoms with E-state index in [2.05, 4.69) is 4.98 Å². The van der Waals surface area contributed by atoms with Crippen LogP contribution in [-0.2, 0) is 14.3 Å². The number of amides is 1. The number of aryl methyl sites for hydroxylation is 1. The molecule has 0 bridgehead atoms. The molecule has 1 aromatic heterocycles. The van der Waals surface area contributed by atoms with Crippen molar-refractivity contribution in [1.29, 1.82) is 0 Å². The lowest BCUT2D eigenvalue weighted by Crippen LogP contribution is -2.35. The summed E-state index contributed by atoms with van der Waals surface area (Å²) in [6.45, 7) is 4.14. The number of H-pyrrole nitrogens is 1. The maximum atomic E-state index is 13.2. The Balaban J connectivity index is 2.23. The van der Waals surface area contributed by atoms with Crippen LogP contribution in [0.15, 0.2) is 29.8 Å². The standard InChI is InChI=1S/C24H29N3O6/c1-13-17(14(2)25-19(13)24(31)33-6)21(28)18-20(15-8-7-9-16(12-15)32-5)27(11-10-26(3)4)23(30)22(18)29/h7-9,12,20,25,28H,10-11H2,1-6H3/b21-18-. The molecule has 1 fully saturated rings. The summed E-state index contributed by atoms with van der Waals surface area (Å²) in [5.74, 6) is -1.84. The smallest absolute Gasteiger partial charge is 0.354 e. The number of nitrogens with one attached hydrogen (secondary N) is 1. The minimum absolute atomic E-state index is 0.0337. The quantitative estimate of drug-likeness (QED) is 0.285. The molecule has 33 heavy (non-hydrogen) atoms. The number of ether oxygens (including phenoxy) is 2. The van der Waals surface area contributed by atoms with Crippen molar-refractivity contribution in [3.63, 3.8) is 0 Å². The summed E-state index contributed by atoms with van der Waals surface area (Å²) in [4.78, 5) is 44.6. The van der Waals surface area contributed by atoms with E-state index in [1.54, 1.807) is 38.1 Å². The molecule has 1 aromatic carbocycles. The zero-order valence-electron chi connectivity index (χ0n) is 19.7. The molecule has 3 rings (SSSR count). The fourth-order valence-electron chi connectivity index (χ4n) is 4.12. The molecule has 0 saturated carbocycles. The SMILES string of the molecule is COC(=O)c1[nH]c(C)c(/C(O)=C2/C(=O)C(=O)N(CCN(C)C)C2c2cccc(OC)c2)c1C. The molecule has 0 radical (unpaired) electrons. The van der Waals surface area contributed by atoms with Crippen LogP contribution < -0.4 is 4.74 Å². The van der Waals surface area contributed by atoms with Gasteiger partial charge in [-0.1, -0.05) is 12.1 Å². The number of hydrogen-bond donors (Lipinski definition) is 2. The molecule has 1 unspecified atom stereocenters. The number of likely N-dealkylation sites (tertiary alicyclic amines) is 1. The zero-order valence-corrected chi connectivity index (χ0v) is 19.7. The molecule has 0 aliphatic carbocycles. The highest BCUT2D eigenvalue weighted by Crippen LogP contribution is 2.41. The van der Waals surface area contributed by atoms with Crippen LogP contribution in [0, 0.1) is 13.8 Å². The van der Waals surface area contributed by atoms with E-state index < -0.39 is 23.7 Å². The number of aliphatic hydroxyl groups excluding tert-OH is 1. The molecular weight excluding hydrogens is 426 g/mol. The molecular formula is C24H29N3O6. The van der Waals surface area contributed by atoms with E-state index in [0.29, 0.717) is 34.7 Å². The maximum Gasteiger partial charge on any atom is 0.354 e. The second kappa shape index (κ2) is 9.50. The van der Waals surface area contributed by atoms with Crippen LogP contribution in [0.3, 0.4) is 0 Å². The number of carbonyl (C=O) groups excluding carboxylic acids is 3. The summed E-state index contributed by atoms with van der Waals surface area (Å²) < 4.78 is 10.1. The fourth-order valence-corrected chi connectivity index (χ4v) is 4.12. The summed E-state index contributed by atoms with van der Waals surface area (Å²) >= 11 is 0. The number of aromatic nitrogens is 1. The lowest BCUT2D eigenvalue weighted by molar-refractivity contribution is -0.140. The van der Waals surface area contributed by atoms with Crippen LogP contribution in [0.5, 0.6) is 5.75 Å². The molecule has 1 aliphatic heterocycles. The van der Waals surface area contributed by atoms with Gasteiger partial charge in [-0.25, -0.2) is 4.79 Å². The Bertz CT molecular complexity index is 1130. The van der Waals surface area contributed by atoms with Crippen molar-refractivity contribution in [3.05, 3.63) is 57.9 Å². The highest BCUT2D eigenvalue weighted by Gasteiger charge is 2.46. The summed E-state index contributed by atoms with van der Waals surface area (Å²) in [7, 11) is 6.54. The van der Waals surface area contributed by atoms with Gasteiger partial charge in [-0.05, 0) is 51.2 Å². The Morgan fingerprint density at radius 1 is 1.21 bits per heavy atom. The van der Waals surface area contributed by atoms with Crippen LogP contribution in [0.25, 0.3) is 5.76 Å². The molecule has 0 spiro atoms. The first kappa shape index (κ1) is 24.1. The topological polar surface area (TPSA) is 112 Å². The summed E-state index contributed by atoms with van der Waals surface area (Å²) in [5, 5.41) is 11.4. The van der Waals surface area contributed by atoms with Gasteiger partial charge in [0.25, 0.3) is 11.7 Å². The van der Waals surface area contributed by atoms with Gasteiger partial charge in [0.05, 0.1) is 25.8 Å². The molecule has 1 atom stereocenters. The number of aromatic amines is 1. The van der Waals surface area contributed by atoms with E-state index in [4.69, 9.17) is 9.47 Å². The van der Waals surface area contributed by atoms with E-state index in [1.807, 2.05) is 19.0 Å². The highest BCUT2D eigenvalue weighted by atomic mass is 16.5. The summed E-state index contributed by atoms with van der Waals surface area (Å²) in [6, 6.07) is 6.24. The van der Waals surface area contributed by atoms with Crippen molar-refractivity contribution in [2.45, 2.75) is 19.9 Å². The third kappa shape index (κ3) is 4.36. The van der Waals surface area contributed by atoms with Crippen molar-refractivity contribution in [3.8, 4) is 5.75 Å². The Kier molecular flexibility index (Phi) is 6.92. The van der Waals surface area contributed by atoms with Crippen LogP contribution in [0.2, 0.25) is 0 Å². The van der Waals surface area contributed by atoms with Gasteiger partial charge in [-0.15, -0.1) is 0 Å². The summed E-state index contributed by atoms with van der Waals surface area (Å²) in [5.41, 5.74) is 1.99. The van der Waals surface area contributed by atoms with E-state index in [9.17, 15) is 19.5 Å². The second-order valence-corrected chi connectivity index (χ2v) is 8.19. The molecule has 9 nitrogen and oxygen atoms in total. The molecule has 2 aromatic rings. The van der Waals surface area contributed by atoms with Crippen molar-refractivity contribution >= 4 is 23.4 Å². The number of esters is 1. The Morgan fingerprint density at radius 3 is 2.52 bits per heavy atom. The number of likely N-dealkylation sites (N-methyl/N-ethyl adjacent to an activating group) is 1. The van der Waals surface area contributed by atoms with Gasteiger partial charge < -0.3 is 29.4 Å². The van der Waals surface area contributed by atoms with Crippen LogP contribution in [-0.4, -0.2) is 79.0 Å². The minimum atomic E-state index is -0.810. The molecule has 2 N–H and O–H groups in total. The van der Waals surface area contributed by atoms with Crippen molar-refractivity contribution in [2.24, 2.45) is 0 Å². The molecule has 1 saturated heterocycles. The average Bonchev–Trinajstić information content (AvgIpc) is 3.23. The number of ketones is 1. The van der Waals surface area contributed by atoms with Gasteiger partial charge in [0, 0.05) is 24.3 Å². The average molecular weight is 456 g/mol. The van der Waals surface area contributed by atoms with Gasteiger partial charge in [-0.2, -0.15) is 0 Å². The largest absolute Gasteiger partial charge is 0.507 e. The highest BCUT2D eigenvalue weighted by molar-refractivity contribution is 6.46. The molecule has 2 heterocycles. The normalized spacial score (nSPS) is 17.7. The Labute approximate surface area is 192 Å². The van der Waals surface area contributed by atoms with E-state index in [1.165, 1.54) is 19.1 Å². The fraction of sp³-hybridized carbons (Fsp3) is 0.375. The van der Waals surface area contributed by atoms with Crippen LogP contribution in [0.1, 0.15) is 38.9 Å². The minimum Gasteiger partial charge on any atom is -0.507 e. The van der Waals surface area contributed by atoms with E-state index in [0.717, 1.165) is 0 Å².